The molecular weight excluding hydrogens is 449 g/mol. The average Bonchev–Trinajstić information content (AvgIpc) is 3.09. The lowest BCUT2D eigenvalue weighted by Crippen LogP contribution is -2.27. The molecule has 0 atom stereocenters. The van der Waals surface area contributed by atoms with E-state index < -0.39 is 10.0 Å². The number of sulfonamides is 1. The quantitative estimate of drug-likeness (QED) is 0.559. The molecule has 2 aromatic carbocycles. The molecule has 1 aromatic heterocycles. The number of benzene rings is 2. The van der Waals surface area contributed by atoms with Crippen LogP contribution in [0.25, 0.3) is 0 Å². The molecule has 1 heterocycles. The first-order valence-electron chi connectivity index (χ1n) is 8.87. The minimum absolute atomic E-state index is 0.000807. The Morgan fingerprint density at radius 1 is 1.10 bits per heavy atom. The number of hydrogen-bond donors (Lipinski definition) is 1. The van der Waals surface area contributed by atoms with Crippen LogP contribution in [0.5, 0.6) is 0 Å². The van der Waals surface area contributed by atoms with Crippen LogP contribution in [0.1, 0.15) is 17.0 Å². The van der Waals surface area contributed by atoms with Crippen molar-refractivity contribution in [3.05, 3.63) is 75.6 Å². The molecule has 0 unspecified atom stereocenters. The lowest BCUT2D eigenvalue weighted by atomic mass is 10.1. The molecule has 0 saturated heterocycles. The Hall–Kier alpha value is -2.55. The van der Waals surface area contributed by atoms with Gasteiger partial charge in [0.05, 0.1) is 27.9 Å². The van der Waals surface area contributed by atoms with E-state index in [0.29, 0.717) is 23.7 Å². The Kier molecular flexibility index (Phi) is 6.70. The Morgan fingerprint density at radius 2 is 1.80 bits per heavy atom. The van der Waals surface area contributed by atoms with Crippen molar-refractivity contribution < 1.29 is 17.7 Å². The van der Waals surface area contributed by atoms with Gasteiger partial charge < -0.3 is 9.42 Å². The summed E-state index contributed by atoms with van der Waals surface area (Å²) in [6.07, 6.45) is 0.174. The molecule has 0 aliphatic rings. The number of halogens is 2. The fourth-order valence-electron chi connectivity index (χ4n) is 2.68. The van der Waals surface area contributed by atoms with Crippen LogP contribution >= 0.6 is 23.2 Å². The number of hydrogen-bond acceptors (Lipinski definition) is 5. The van der Waals surface area contributed by atoms with Crippen molar-refractivity contribution in [3.8, 4) is 0 Å². The molecule has 0 fully saturated rings. The number of carbonyl (C=O) groups is 1. The maximum Gasteiger partial charge on any atom is 0.261 e. The lowest BCUT2D eigenvalue weighted by molar-refractivity contribution is -0.129. The van der Waals surface area contributed by atoms with Crippen LogP contribution in [0.4, 0.5) is 5.69 Å². The van der Waals surface area contributed by atoms with Crippen LogP contribution in [-0.2, 0) is 27.8 Å². The van der Waals surface area contributed by atoms with Crippen LogP contribution in [0.3, 0.4) is 0 Å². The molecule has 30 heavy (non-hydrogen) atoms. The van der Waals surface area contributed by atoms with Gasteiger partial charge >= 0.3 is 0 Å². The zero-order chi connectivity index (χ0) is 21.9. The molecule has 0 radical (unpaired) electrons. The highest BCUT2D eigenvalue weighted by Crippen LogP contribution is 2.26. The highest BCUT2D eigenvalue weighted by Gasteiger charge is 2.16. The summed E-state index contributed by atoms with van der Waals surface area (Å²) in [5.74, 6) is 0.588. The van der Waals surface area contributed by atoms with Crippen molar-refractivity contribution in [2.75, 3.05) is 11.8 Å². The molecule has 0 saturated carbocycles. The largest absolute Gasteiger partial charge is 0.361 e. The number of aromatic nitrogens is 1. The van der Waals surface area contributed by atoms with E-state index in [0.717, 1.165) is 5.56 Å². The predicted octanol–water partition coefficient (Wildman–Crippen LogP) is 4.29. The molecule has 1 N–H and O–H groups in total. The predicted molar refractivity (Wildman–Crippen MR) is 115 cm³/mol. The molecule has 0 aliphatic carbocycles. The molecule has 0 aliphatic heterocycles. The number of carbonyl (C=O) groups excluding carboxylic acids is 1. The monoisotopic (exact) mass is 467 g/mol. The Morgan fingerprint density at radius 3 is 2.40 bits per heavy atom. The summed E-state index contributed by atoms with van der Waals surface area (Å²) in [6.45, 7) is 2.13. The van der Waals surface area contributed by atoms with E-state index in [2.05, 4.69) is 9.88 Å². The molecule has 7 nitrogen and oxygen atoms in total. The molecule has 0 spiro atoms. The van der Waals surface area contributed by atoms with Crippen LogP contribution in [0.15, 0.2) is 57.9 Å². The maximum atomic E-state index is 12.5. The minimum atomic E-state index is -3.82. The van der Waals surface area contributed by atoms with Crippen LogP contribution in [0.2, 0.25) is 10.0 Å². The second-order valence-corrected chi connectivity index (χ2v) is 9.23. The van der Waals surface area contributed by atoms with Crippen molar-refractivity contribution in [2.24, 2.45) is 0 Å². The van der Waals surface area contributed by atoms with E-state index >= 15 is 0 Å². The standard InChI is InChI=1S/C20H19Cl2N3O4S/c1-13-9-16(23-29-13)12-25(2)20(26)10-14-3-5-15(6-4-14)24-30(27,28)17-7-8-18(21)19(22)11-17/h3-9,11,24H,10,12H2,1-2H3. The number of rotatable bonds is 7. The van der Waals surface area contributed by atoms with E-state index in [-0.39, 0.29) is 27.3 Å². The minimum Gasteiger partial charge on any atom is -0.361 e. The summed E-state index contributed by atoms with van der Waals surface area (Å²) < 4.78 is 32.5. The third-order valence-electron chi connectivity index (χ3n) is 4.26. The van der Waals surface area contributed by atoms with E-state index in [4.69, 9.17) is 27.7 Å². The van der Waals surface area contributed by atoms with Gasteiger partial charge in [-0.1, -0.05) is 40.5 Å². The topological polar surface area (TPSA) is 92.5 Å². The molecule has 158 valence electrons. The first-order chi connectivity index (χ1) is 14.1. The number of nitrogens with zero attached hydrogens (tertiary/aromatic N) is 2. The Labute approximate surface area is 184 Å². The maximum absolute atomic E-state index is 12.5. The van der Waals surface area contributed by atoms with Crippen LogP contribution < -0.4 is 4.72 Å². The number of amides is 1. The van der Waals surface area contributed by atoms with E-state index in [1.807, 2.05) is 0 Å². The summed E-state index contributed by atoms with van der Waals surface area (Å²) in [6, 6.07) is 12.4. The van der Waals surface area contributed by atoms with E-state index in [1.165, 1.54) is 18.2 Å². The molecule has 3 rings (SSSR count). The second kappa shape index (κ2) is 9.07. The van der Waals surface area contributed by atoms with Gasteiger partial charge in [0.15, 0.2) is 0 Å². The SMILES string of the molecule is Cc1cc(CN(C)C(=O)Cc2ccc(NS(=O)(=O)c3ccc(Cl)c(Cl)c3)cc2)no1. The van der Waals surface area contributed by atoms with Crippen molar-refractivity contribution in [2.45, 2.75) is 24.8 Å². The van der Waals surface area contributed by atoms with Gasteiger partial charge in [0.2, 0.25) is 5.91 Å². The summed E-state index contributed by atoms with van der Waals surface area (Å²) in [4.78, 5) is 14.0. The van der Waals surface area contributed by atoms with Crippen LogP contribution in [-0.4, -0.2) is 31.4 Å². The van der Waals surface area contributed by atoms with E-state index in [9.17, 15) is 13.2 Å². The highest BCUT2D eigenvalue weighted by molar-refractivity contribution is 7.92. The summed E-state index contributed by atoms with van der Waals surface area (Å²) in [5, 5.41) is 4.30. The van der Waals surface area contributed by atoms with Gasteiger partial charge in [0.1, 0.15) is 11.5 Å². The van der Waals surface area contributed by atoms with Crippen molar-refractivity contribution in [1.29, 1.82) is 0 Å². The van der Waals surface area contributed by atoms with Gasteiger partial charge in [-0.2, -0.15) is 0 Å². The molecule has 10 heteroatoms. The van der Waals surface area contributed by atoms with Gasteiger partial charge in [-0.05, 0) is 42.8 Å². The Balaban J connectivity index is 1.62. The van der Waals surface area contributed by atoms with Gasteiger partial charge in [-0.15, -0.1) is 0 Å². The molecular formula is C20H19Cl2N3O4S. The Bertz CT molecular complexity index is 1160. The fourth-order valence-corrected chi connectivity index (χ4v) is 4.13. The summed E-state index contributed by atoms with van der Waals surface area (Å²) in [5.41, 5.74) is 1.79. The number of likely N-dealkylation sites (N-methyl/N-ethyl adjacent to an activating group) is 1. The third kappa shape index (κ3) is 5.53. The lowest BCUT2D eigenvalue weighted by Gasteiger charge is -2.15. The fraction of sp³-hybridized carbons (Fsp3) is 0.200. The molecule has 3 aromatic rings. The van der Waals surface area contributed by atoms with Gasteiger partial charge in [0, 0.05) is 18.8 Å². The second-order valence-electron chi connectivity index (χ2n) is 6.73. The van der Waals surface area contributed by atoms with Gasteiger partial charge in [0.25, 0.3) is 10.0 Å². The van der Waals surface area contributed by atoms with Crippen molar-refractivity contribution in [3.63, 3.8) is 0 Å². The first-order valence-corrected chi connectivity index (χ1v) is 11.1. The first kappa shape index (κ1) is 22.1. The van der Waals surface area contributed by atoms with Crippen molar-refractivity contribution in [1.82, 2.24) is 10.1 Å². The number of anilines is 1. The number of nitrogens with one attached hydrogen (secondary N) is 1. The average molecular weight is 468 g/mol. The van der Waals surface area contributed by atoms with Gasteiger partial charge in [-0.3, -0.25) is 9.52 Å². The number of aryl methyl sites for hydroxylation is 1. The normalized spacial score (nSPS) is 11.3. The zero-order valence-corrected chi connectivity index (χ0v) is 18.6. The van der Waals surface area contributed by atoms with Crippen LogP contribution in [0, 0.1) is 6.92 Å². The smallest absolute Gasteiger partial charge is 0.261 e. The van der Waals surface area contributed by atoms with Crippen molar-refractivity contribution >= 4 is 44.8 Å². The summed E-state index contributed by atoms with van der Waals surface area (Å²) >= 11 is 11.7. The van der Waals surface area contributed by atoms with Gasteiger partial charge in [-0.25, -0.2) is 8.42 Å². The molecule has 1 amide bonds. The van der Waals surface area contributed by atoms with E-state index in [1.54, 1.807) is 49.2 Å². The highest BCUT2D eigenvalue weighted by atomic mass is 35.5. The zero-order valence-electron chi connectivity index (χ0n) is 16.2. The summed E-state index contributed by atoms with van der Waals surface area (Å²) in [7, 11) is -2.13. The molecule has 0 bridgehead atoms. The third-order valence-corrected chi connectivity index (χ3v) is 6.38.